The van der Waals surface area contributed by atoms with Crippen LogP contribution in [0.5, 0.6) is 5.75 Å². The average molecular weight is 455 g/mol. The first-order valence-electron chi connectivity index (χ1n) is 11.3. The normalized spacial score (nSPS) is 28.4. The van der Waals surface area contributed by atoms with Gasteiger partial charge >= 0.3 is 0 Å². The molecular formula is C25H30N2O4S. The van der Waals surface area contributed by atoms with Gasteiger partial charge in [-0.15, -0.1) is 0 Å². The molecule has 1 amide bonds. The molecule has 0 heterocycles. The highest BCUT2D eigenvalue weighted by Crippen LogP contribution is 2.55. The van der Waals surface area contributed by atoms with Gasteiger partial charge < -0.3 is 10.1 Å². The third-order valence-electron chi connectivity index (χ3n) is 7.61. The number of carbonyl (C=O) groups excluding carboxylic acids is 1. The van der Waals surface area contributed by atoms with Gasteiger partial charge in [0.25, 0.3) is 15.9 Å². The van der Waals surface area contributed by atoms with Crippen molar-refractivity contribution in [1.82, 2.24) is 5.32 Å². The lowest BCUT2D eigenvalue weighted by atomic mass is 9.53. The zero-order valence-corrected chi connectivity index (χ0v) is 19.4. The number of ether oxygens (including phenoxy) is 1. The van der Waals surface area contributed by atoms with Crippen LogP contribution in [0, 0.1) is 17.8 Å². The molecule has 0 spiro atoms. The van der Waals surface area contributed by atoms with E-state index in [0.717, 1.165) is 37.0 Å². The quantitative estimate of drug-likeness (QED) is 0.709. The summed E-state index contributed by atoms with van der Waals surface area (Å²) < 4.78 is 32.8. The summed E-state index contributed by atoms with van der Waals surface area (Å²) in [7, 11) is -0.730. The maximum absolute atomic E-state index is 13.2. The molecule has 0 radical (unpaired) electrons. The molecule has 4 fully saturated rings. The molecule has 2 aromatic rings. The second-order valence-electron chi connectivity index (χ2n) is 9.85. The summed E-state index contributed by atoms with van der Waals surface area (Å²) in [6.45, 7) is 0. The van der Waals surface area contributed by atoms with Gasteiger partial charge in [0.2, 0.25) is 0 Å². The van der Waals surface area contributed by atoms with Crippen LogP contribution in [-0.2, 0) is 10.0 Å². The van der Waals surface area contributed by atoms with E-state index in [4.69, 9.17) is 4.74 Å². The molecule has 7 heteroatoms. The van der Waals surface area contributed by atoms with Crippen LogP contribution in [0.25, 0.3) is 0 Å². The van der Waals surface area contributed by atoms with E-state index in [1.54, 1.807) is 43.5 Å². The highest BCUT2D eigenvalue weighted by Gasteiger charge is 2.51. The van der Waals surface area contributed by atoms with Crippen molar-refractivity contribution < 1.29 is 17.9 Å². The Morgan fingerprint density at radius 1 is 1.00 bits per heavy atom. The minimum absolute atomic E-state index is 0.106. The summed E-state index contributed by atoms with van der Waals surface area (Å²) in [5.41, 5.74) is 0.805. The van der Waals surface area contributed by atoms with Crippen LogP contribution in [0.4, 0.5) is 5.69 Å². The van der Waals surface area contributed by atoms with E-state index < -0.39 is 10.0 Å². The Hall–Kier alpha value is -2.54. The molecular weight excluding hydrogens is 424 g/mol. The van der Waals surface area contributed by atoms with Crippen molar-refractivity contribution >= 4 is 21.6 Å². The Morgan fingerprint density at radius 2 is 1.59 bits per heavy atom. The minimum atomic E-state index is -3.81. The lowest BCUT2D eigenvalue weighted by molar-refractivity contribution is -0.0167. The highest BCUT2D eigenvalue weighted by atomic mass is 32.2. The molecule has 6 rings (SSSR count). The van der Waals surface area contributed by atoms with Crippen LogP contribution >= 0.6 is 0 Å². The number of carbonyl (C=O) groups is 1. The predicted octanol–water partition coefficient (Wildman–Crippen LogP) is 4.22. The molecule has 4 bridgehead atoms. The van der Waals surface area contributed by atoms with Gasteiger partial charge in [0.1, 0.15) is 5.75 Å². The highest BCUT2D eigenvalue weighted by molar-refractivity contribution is 7.92. The summed E-state index contributed by atoms with van der Waals surface area (Å²) in [4.78, 5) is 13.3. The number of rotatable bonds is 6. The molecule has 0 aromatic heterocycles. The smallest absolute Gasteiger partial charge is 0.264 e. The van der Waals surface area contributed by atoms with Crippen molar-refractivity contribution in [3.63, 3.8) is 0 Å². The molecule has 32 heavy (non-hydrogen) atoms. The Morgan fingerprint density at radius 3 is 2.16 bits per heavy atom. The lowest BCUT2D eigenvalue weighted by Crippen LogP contribution is -2.59. The van der Waals surface area contributed by atoms with Gasteiger partial charge in [-0.1, -0.05) is 6.07 Å². The second-order valence-corrected chi connectivity index (χ2v) is 11.8. The molecule has 170 valence electrons. The fourth-order valence-electron chi connectivity index (χ4n) is 6.46. The Kier molecular flexibility index (Phi) is 5.19. The largest absolute Gasteiger partial charge is 0.497 e. The zero-order valence-electron chi connectivity index (χ0n) is 18.6. The number of nitrogens with zero attached hydrogens (tertiary/aromatic N) is 1. The first-order chi connectivity index (χ1) is 15.3. The van der Waals surface area contributed by atoms with E-state index in [0.29, 0.717) is 17.0 Å². The van der Waals surface area contributed by atoms with Crippen LogP contribution in [0.1, 0.15) is 48.9 Å². The minimum Gasteiger partial charge on any atom is -0.497 e. The van der Waals surface area contributed by atoms with Crippen LogP contribution in [-0.4, -0.2) is 34.0 Å². The molecule has 4 saturated carbocycles. The maximum atomic E-state index is 13.2. The van der Waals surface area contributed by atoms with Crippen molar-refractivity contribution in [2.75, 3.05) is 18.5 Å². The van der Waals surface area contributed by atoms with E-state index in [1.165, 1.54) is 42.7 Å². The molecule has 4 aliphatic carbocycles. The van der Waals surface area contributed by atoms with Crippen LogP contribution in [0.3, 0.4) is 0 Å². The van der Waals surface area contributed by atoms with E-state index >= 15 is 0 Å². The molecule has 0 atom stereocenters. The second kappa shape index (κ2) is 7.80. The number of hydrogen-bond donors (Lipinski definition) is 1. The number of amides is 1. The predicted molar refractivity (Wildman–Crippen MR) is 123 cm³/mol. The Labute approximate surface area is 190 Å². The number of hydrogen-bond acceptors (Lipinski definition) is 4. The number of anilines is 1. The lowest BCUT2D eigenvalue weighted by Gasteiger charge is -2.56. The standard InChI is InChI=1S/C25H30N2O4S/c1-27(21-6-8-22(31-2)9-7-21)32(29,30)23-5-3-4-20(13-23)24(28)26-25-14-17-10-18(15-25)12-19(11-17)16-25/h3-9,13,17-19H,10-12,14-16H2,1-2H3,(H,26,28). The molecule has 4 aliphatic rings. The van der Waals surface area contributed by atoms with Gasteiger partial charge in [-0.25, -0.2) is 8.42 Å². The molecule has 0 aliphatic heterocycles. The van der Waals surface area contributed by atoms with Crippen LogP contribution in [0.15, 0.2) is 53.4 Å². The maximum Gasteiger partial charge on any atom is 0.264 e. The van der Waals surface area contributed by atoms with Gasteiger partial charge in [-0.2, -0.15) is 0 Å². The van der Waals surface area contributed by atoms with Crippen LogP contribution in [0.2, 0.25) is 0 Å². The Balaban J connectivity index is 1.36. The number of methoxy groups -OCH3 is 1. The van der Waals surface area contributed by atoms with Gasteiger partial charge in [0.15, 0.2) is 0 Å². The summed E-state index contributed by atoms with van der Waals surface area (Å²) in [5, 5.41) is 3.33. The third-order valence-corrected chi connectivity index (χ3v) is 9.39. The monoisotopic (exact) mass is 454 g/mol. The third kappa shape index (κ3) is 3.76. The van der Waals surface area contributed by atoms with Crippen molar-refractivity contribution in [2.45, 2.75) is 49.0 Å². The molecule has 1 N–H and O–H groups in total. The van der Waals surface area contributed by atoms with E-state index in [1.807, 2.05) is 0 Å². The SMILES string of the molecule is COc1ccc(N(C)S(=O)(=O)c2cccc(C(=O)NC34CC5CC(CC(C5)C3)C4)c2)cc1. The van der Waals surface area contributed by atoms with E-state index in [-0.39, 0.29) is 16.3 Å². The van der Waals surface area contributed by atoms with Crippen LogP contribution < -0.4 is 14.4 Å². The van der Waals surface area contributed by atoms with Gasteiger partial charge in [-0.3, -0.25) is 9.10 Å². The number of sulfonamides is 1. The fraction of sp³-hybridized carbons (Fsp3) is 0.480. The molecule has 0 saturated heterocycles. The topological polar surface area (TPSA) is 75.7 Å². The molecule has 2 aromatic carbocycles. The molecule has 0 unspecified atom stereocenters. The number of nitrogens with one attached hydrogen (secondary N) is 1. The summed E-state index contributed by atoms with van der Waals surface area (Å²) in [6, 6.07) is 13.2. The van der Waals surface area contributed by atoms with E-state index in [2.05, 4.69) is 5.32 Å². The zero-order chi connectivity index (χ0) is 22.5. The molecule has 6 nitrogen and oxygen atoms in total. The van der Waals surface area contributed by atoms with Gasteiger partial charge in [0.05, 0.1) is 17.7 Å². The van der Waals surface area contributed by atoms with Crippen molar-refractivity contribution in [3.8, 4) is 5.75 Å². The van der Waals surface area contributed by atoms with E-state index in [9.17, 15) is 13.2 Å². The Bertz CT molecular complexity index is 1090. The average Bonchev–Trinajstić information content (AvgIpc) is 2.77. The fourth-order valence-corrected chi connectivity index (χ4v) is 7.71. The van der Waals surface area contributed by atoms with Crippen molar-refractivity contribution in [1.29, 1.82) is 0 Å². The van der Waals surface area contributed by atoms with Crippen molar-refractivity contribution in [3.05, 3.63) is 54.1 Å². The van der Waals surface area contributed by atoms with Gasteiger partial charge in [0, 0.05) is 18.2 Å². The first-order valence-corrected chi connectivity index (χ1v) is 12.8. The number of benzene rings is 2. The van der Waals surface area contributed by atoms with Gasteiger partial charge in [-0.05, 0) is 98.7 Å². The summed E-state index contributed by atoms with van der Waals surface area (Å²) in [5.74, 6) is 2.67. The summed E-state index contributed by atoms with van der Waals surface area (Å²) in [6.07, 6.45) is 7.09. The van der Waals surface area contributed by atoms with Crippen molar-refractivity contribution in [2.24, 2.45) is 17.8 Å². The first kappa shape index (κ1) is 21.3. The summed E-state index contributed by atoms with van der Waals surface area (Å²) >= 11 is 0.